The van der Waals surface area contributed by atoms with E-state index in [0.29, 0.717) is 30.0 Å². The number of hydrogen-bond donors (Lipinski definition) is 3. The van der Waals surface area contributed by atoms with Crippen LogP contribution in [-0.2, 0) is 14.8 Å². The first-order chi connectivity index (χ1) is 14.3. The number of benzene rings is 1. The molecule has 0 aliphatic carbocycles. The zero-order chi connectivity index (χ0) is 21.5. The number of H-pyrrole nitrogens is 2. The number of amides is 1. The monoisotopic (exact) mass is 436 g/mol. The molecule has 1 amide bonds. The number of aromatic amines is 2. The lowest BCUT2D eigenvalue weighted by Crippen LogP contribution is -2.45. The van der Waals surface area contributed by atoms with Crippen molar-refractivity contribution in [2.24, 2.45) is 5.92 Å². The van der Waals surface area contributed by atoms with E-state index in [1.807, 2.05) is 4.98 Å². The first-order valence-corrected chi connectivity index (χ1v) is 10.7. The number of anilines is 1. The predicted molar refractivity (Wildman–Crippen MR) is 105 cm³/mol. The molecule has 160 valence electrons. The molecule has 0 radical (unpaired) electrons. The molecule has 1 atom stereocenters. The zero-order valence-electron chi connectivity index (χ0n) is 16.1. The van der Waals surface area contributed by atoms with Crippen LogP contribution in [0.1, 0.15) is 18.5 Å². The molecular weight excluding hydrogens is 416 g/mol. The van der Waals surface area contributed by atoms with Gasteiger partial charge in [-0.25, -0.2) is 13.2 Å². The highest BCUT2D eigenvalue weighted by Gasteiger charge is 2.36. The Morgan fingerprint density at radius 3 is 2.73 bits per heavy atom. The number of carbonyl (C=O) groups excluding carboxylic acids is 1. The largest absolute Gasteiger partial charge is 0.454 e. The molecule has 3 N–H and O–H groups in total. The Hall–Kier alpha value is -3.12. The molecule has 0 bridgehead atoms. The van der Waals surface area contributed by atoms with Crippen molar-refractivity contribution in [2.75, 3.05) is 25.2 Å². The fraction of sp³-hybridized carbons (Fsp3) is 0.389. The molecule has 1 aromatic heterocycles. The number of aromatic nitrogens is 2. The molecule has 2 aliphatic rings. The van der Waals surface area contributed by atoms with Crippen LogP contribution < -0.4 is 26.0 Å². The number of nitrogens with one attached hydrogen (secondary N) is 3. The quantitative estimate of drug-likeness (QED) is 0.617. The Bertz CT molecular complexity index is 1220. The number of rotatable bonds is 4. The highest BCUT2D eigenvalue weighted by molar-refractivity contribution is 7.89. The van der Waals surface area contributed by atoms with Crippen molar-refractivity contribution in [3.8, 4) is 11.5 Å². The molecule has 0 unspecified atom stereocenters. The lowest BCUT2D eigenvalue weighted by molar-refractivity contribution is -0.120. The van der Waals surface area contributed by atoms with E-state index in [-0.39, 0.29) is 31.5 Å². The fourth-order valence-electron chi connectivity index (χ4n) is 3.62. The predicted octanol–water partition coefficient (Wildman–Crippen LogP) is 0.140. The first-order valence-electron chi connectivity index (χ1n) is 9.29. The first kappa shape index (κ1) is 20.2. The molecule has 4 rings (SSSR count). The number of nitrogens with zero attached hydrogens (tertiary/aromatic N) is 1. The molecule has 11 nitrogen and oxygen atoms in total. The van der Waals surface area contributed by atoms with Gasteiger partial charge in [-0.1, -0.05) is 0 Å². The van der Waals surface area contributed by atoms with E-state index in [1.165, 1.54) is 6.92 Å². The van der Waals surface area contributed by atoms with Gasteiger partial charge in [-0.05, 0) is 31.9 Å². The smallest absolute Gasteiger partial charge is 0.325 e. The summed E-state index contributed by atoms with van der Waals surface area (Å²) in [6, 6.07) is 4.99. The van der Waals surface area contributed by atoms with Gasteiger partial charge in [0.2, 0.25) is 22.7 Å². The van der Waals surface area contributed by atoms with E-state index in [2.05, 4.69) is 10.3 Å². The third-order valence-electron chi connectivity index (χ3n) is 5.07. The van der Waals surface area contributed by atoms with Crippen LogP contribution in [0.4, 0.5) is 5.69 Å². The molecule has 30 heavy (non-hydrogen) atoms. The van der Waals surface area contributed by atoms with Crippen LogP contribution in [-0.4, -0.2) is 48.5 Å². The van der Waals surface area contributed by atoms with Gasteiger partial charge in [0, 0.05) is 30.5 Å². The van der Waals surface area contributed by atoms with Crippen molar-refractivity contribution < 1.29 is 22.7 Å². The minimum Gasteiger partial charge on any atom is -0.454 e. The van der Waals surface area contributed by atoms with E-state index >= 15 is 0 Å². The molecule has 3 heterocycles. The molecule has 1 saturated heterocycles. The molecule has 1 fully saturated rings. The van der Waals surface area contributed by atoms with Crippen molar-refractivity contribution in [1.82, 2.24) is 14.3 Å². The maximum Gasteiger partial charge on any atom is 0.325 e. The number of carbonyl (C=O) groups is 1. The number of fused-ring (bicyclic) bond motifs is 1. The Labute approximate surface area is 171 Å². The van der Waals surface area contributed by atoms with Crippen LogP contribution in [0.5, 0.6) is 11.5 Å². The Kier molecular flexibility index (Phi) is 5.12. The molecule has 12 heteroatoms. The average molecular weight is 436 g/mol. The number of piperidine rings is 1. The van der Waals surface area contributed by atoms with Gasteiger partial charge in [0.1, 0.15) is 0 Å². The lowest BCUT2D eigenvalue weighted by Gasteiger charge is -2.31. The average Bonchev–Trinajstić information content (AvgIpc) is 3.15. The third kappa shape index (κ3) is 3.71. The van der Waals surface area contributed by atoms with E-state index in [1.54, 1.807) is 18.2 Å². The second-order valence-corrected chi connectivity index (χ2v) is 9.00. The van der Waals surface area contributed by atoms with Gasteiger partial charge >= 0.3 is 5.69 Å². The molecule has 2 aliphatic heterocycles. The van der Waals surface area contributed by atoms with Crippen molar-refractivity contribution in [2.45, 2.75) is 24.7 Å². The second kappa shape index (κ2) is 7.61. The minimum atomic E-state index is -4.18. The summed E-state index contributed by atoms with van der Waals surface area (Å²) in [6.07, 6.45) is 0.960. The molecule has 1 aromatic carbocycles. The summed E-state index contributed by atoms with van der Waals surface area (Å²) in [5.74, 6) is 0.180. The topological polar surface area (TPSA) is 151 Å². The van der Waals surface area contributed by atoms with Crippen LogP contribution in [0.15, 0.2) is 32.7 Å². The SMILES string of the molecule is Cc1[nH]c(=O)[nH]c(=O)c1S(=O)(=O)N1CCC[C@@H](C(=O)Nc2ccc3c(c2)OCO3)C1. The molecule has 0 saturated carbocycles. The Morgan fingerprint density at radius 1 is 1.20 bits per heavy atom. The highest BCUT2D eigenvalue weighted by atomic mass is 32.2. The molecular formula is C18H20N4O7S. The number of hydrogen-bond acceptors (Lipinski definition) is 7. The van der Waals surface area contributed by atoms with Crippen molar-refractivity contribution in [3.05, 3.63) is 44.7 Å². The number of aryl methyl sites for hydroxylation is 1. The van der Waals surface area contributed by atoms with Crippen molar-refractivity contribution in [3.63, 3.8) is 0 Å². The number of sulfonamides is 1. The zero-order valence-corrected chi connectivity index (χ0v) is 16.9. The summed E-state index contributed by atoms with van der Waals surface area (Å²) < 4.78 is 37.7. The van der Waals surface area contributed by atoms with Gasteiger partial charge in [0.05, 0.1) is 5.92 Å². The van der Waals surface area contributed by atoms with Gasteiger partial charge in [-0.15, -0.1) is 0 Å². The number of ether oxygens (including phenoxy) is 2. The highest BCUT2D eigenvalue weighted by Crippen LogP contribution is 2.34. The maximum absolute atomic E-state index is 13.0. The summed E-state index contributed by atoms with van der Waals surface area (Å²) >= 11 is 0. The van der Waals surface area contributed by atoms with E-state index in [4.69, 9.17) is 9.47 Å². The summed E-state index contributed by atoms with van der Waals surface area (Å²) in [6.45, 7) is 1.56. The summed E-state index contributed by atoms with van der Waals surface area (Å²) in [5, 5.41) is 2.77. The standard InChI is InChI=1S/C18H20N4O7S/c1-10-15(17(24)21-18(25)19-10)30(26,27)22-6-2-3-11(8-22)16(23)20-12-4-5-13-14(7-12)29-9-28-13/h4-5,7,11H,2-3,6,8-9H2,1H3,(H,20,23)(H2,19,21,24,25)/t11-/m1/s1. The van der Waals surface area contributed by atoms with Gasteiger partial charge in [-0.3, -0.25) is 14.6 Å². The summed E-state index contributed by atoms with van der Waals surface area (Å²) in [7, 11) is -4.18. The van der Waals surface area contributed by atoms with Crippen LogP contribution in [0.25, 0.3) is 0 Å². The Morgan fingerprint density at radius 2 is 1.97 bits per heavy atom. The van der Waals surface area contributed by atoms with Crippen molar-refractivity contribution >= 4 is 21.6 Å². The van der Waals surface area contributed by atoms with E-state index < -0.39 is 32.1 Å². The minimum absolute atomic E-state index is 0.0457. The van der Waals surface area contributed by atoms with Crippen LogP contribution >= 0.6 is 0 Å². The summed E-state index contributed by atoms with van der Waals surface area (Å²) in [4.78, 5) is 39.9. The third-order valence-corrected chi connectivity index (χ3v) is 7.09. The van der Waals surface area contributed by atoms with Gasteiger partial charge in [0.15, 0.2) is 16.4 Å². The fourth-order valence-corrected chi connectivity index (χ4v) is 5.35. The lowest BCUT2D eigenvalue weighted by atomic mass is 9.98. The van der Waals surface area contributed by atoms with Gasteiger partial charge in [-0.2, -0.15) is 4.31 Å². The van der Waals surface area contributed by atoms with Crippen LogP contribution in [0.2, 0.25) is 0 Å². The molecule has 0 spiro atoms. The summed E-state index contributed by atoms with van der Waals surface area (Å²) in [5.41, 5.74) is -1.30. The van der Waals surface area contributed by atoms with Crippen molar-refractivity contribution in [1.29, 1.82) is 0 Å². The maximum atomic E-state index is 13.0. The molecule has 2 aromatic rings. The van der Waals surface area contributed by atoms with Crippen LogP contribution in [0, 0.1) is 12.8 Å². The van der Waals surface area contributed by atoms with Gasteiger partial charge in [0.25, 0.3) is 5.56 Å². The van der Waals surface area contributed by atoms with E-state index in [0.717, 1.165) is 4.31 Å². The Balaban J connectivity index is 1.52. The second-order valence-electron chi connectivity index (χ2n) is 7.12. The van der Waals surface area contributed by atoms with Gasteiger partial charge < -0.3 is 19.8 Å². The van der Waals surface area contributed by atoms with Crippen LogP contribution in [0.3, 0.4) is 0 Å². The normalized spacial score (nSPS) is 18.9. The van der Waals surface area contributed by atoms with E-state index in [9.17, 15) is 22.8 Å².